The number of aliphatic hydroxyl groups is 1. The molecule has 3 aromatic carbocycles. The summed E-state index contributed by atoms with van der Waals surface area (Å²) in [4.78, 5) is 11.9. The summed E-state index contributed by atoms with van der Waals surface area (Å²) in [5.41, 5.74) is 7.33. The maximum atomic E-state index is 11.9. The highest BCUT2D eigenvalue weighted by Crippen LogP contribution is 2.45. The molecule has 1 heterocycles. The summed E-state index contributed by atoms with van der Waals surface area (Å²) in [6.45, 7) is 14.2. The molecule has 2 unspecified atom stereocenters. The first-order valence-corrected chi connectivity index (χ1v) is 20.5. The second-order valence-electron chi connectivity index (χ2n) is 15.2. The molecule has 312 valence electrons. The van der Waals surface area contributed by atoms with Gasteiger partial charge in [-0.1, -0.05) is 42.5 Å². The summed E-state index contributed by atoms with van der Waals surface area (Å²) in [7, 11) is 1.56. The maximum Gasteiger partial charge on any atom is 0.303 e. The number of aliphatic hydroxyl groups excluding tert-OH is 1. The van der Waals surface area contributed by atoms with Gasteiger partial charge >= 0.3 is 5.97 Å². The molecule has 0 radical (unpaired) electrons. The van der Waals surface area contributed by atoms with Crippen LogP contribution in [0.25, 0.3) is 0 Å². The number of methoxy groups -OCH3 is 1. The molecule has 11 nitrogen and oxygen atoms in total. The summed E-state index contributed by atoms with van der Waals surface area (Å²) >= 11 is 0. The monoisotopic (exact) mass is 779 g/mol. The van der Waals surface area contributed by atoms with Crippen LogP contribution in [0.3, 0.4) is 0 Å². The van der Waals surface area contributed by atoms with Gasteiger partial charge in [-0.25, -0.2) is 0 Å². The zero-order valence-electron chi connectivity index (χ0n) is 34.7. The number of ether oxygens (including phenoxy) is 4. The third kappa shape index (κ3) is 16.3. The Morgan fingerprint density at radius 3 is 2.25 bits per heavy atom. The van der Waals surface area contributed by atoms with Crippen LogP contribution in [-0.4, -0.2) is 86.5 Å². The van der Waals surface area contributed by atoms with Gasteiger partial charge in [-0.3, -0.25) is 4.79 Å². The molecule has 1 aliphatic heterocycles. The summed E-state index contributed by atoms with van der Waals surface area (Å²) in [5.74, 6) is 1.90. The number of benzene rings is 3. The lowest BCUT2D eigenvalue weighted by molar-refractivity contribution is -0.189. The molecular formula is C45H70N4O7. The molecule has 0 saturated heterocycles. The first-order valence-electron chi connectivity index (χ1n) is 20.5. The number of aromatic hydroxyl groups is 1. The van der Waals surface area contributed by atoms with E-state index in [0.29, 0.717) is 25.0 Å². The zero-order valence-corrected chi connectivity index (χ0v) is 34.7. The second-order valence-corrected chi connectivity index (χ2v) is 15.2. The van der Waals surface area contributed by atoms with Crippen molar-refractivity contribution in [1.29, 1.82) is 0 Å². The van der Waals surface area contributed by atoms with Gasteiger partial charge in [0.15, 0.2) is 17.1 Å². The van der Waals surface area contributed by atoms with Crippen LogP contribution >= 0.6 is 0 Å². The van der Waals surface area contributed by atoms with E-state index in [2.05, 4.69) is 47.1 Å². The third-order valence-corrected chi connectivity index (χ3v) is 10.1. The minimum atomic E-state index is -0.818. The number of phenols is 1. The lowest BCUT2D eigenvalue weighted by atomic mass is 9.75. The number of nitrogens with one attached hydrogen (secondary N) is 3. The number of carbonyl (C=O) groups is 1. The van der Waals surface area contributed by atoms with Crippen molar-refractivity contribution in [2.75, 3.05) is 53.0 Å². The van der Waals surface area contributed by atoms with Gasteiger partial charge in [0.2, 0.25) is 0 Å². The summed E-state index contributed by atoms with van der Waals surface area (Å²) in [6.07, 6.45) is 9.36. The number of unbranched alkanes of at least 4 members (excludes halogenated alkanes) is 1. The zero-order chi connectivity index (χ0) is 40.7. The molecule has 0 saturated carbocycles. The van der Waals surface area contributed by atoms with Crippen LogP contribution in [0.15, 0.2) is 66.7 Å². The quantitative estimate of drug-likeness (QED) is 0.0415. The number of hydrogen-bond acceptors (Lipinski definition) is 11. The normalized spacial score (nSPS) is 16.1. The van der Waals surface area contributed by atoms with Crippen LogP contribution in [-0.2, 0) is 28.9 Å². The van der Waals surface area contributed by atoms with Crippen molar-refractivity contribution in [3.63, 3.8) is 0 Å². The highest BCUT2D eigenvalue weighted by Gasteiger charge is 2.53. The fourth-order valence-corrected chi connectivity index (χ4v) is 6.89. The highest BCUT2D eigenvalue weighted by atomic mass is 16.6. The molecule has 0 aliphatic carbocycles. The van der Waals surface area contributed by atoms with Gasteiger partial charge in [0.25, 0.3) is 0 Å². The van der Waals surface area contributed by atoms with E-state index >= 15 is 0 Å². The first-order chi connectivity index (χ1) is 27.0. The fraction of sp³-hybridized carbons (Fsp3) is 0.578. The molecule has 0 fully saturated rings. The van der Waals surface area contributed by atoms with Gasteiger partial charge in [0.05, 0.1) is 13.2 Å². The SMILES string of the molecule is CC(=O)OC1(CCCO)Cc2ccc(OC(C)CCCc3ccccc3)cc2OC1(C)C.COc1cc(CNCCCNCCCCNCCCN)ccc1O. The van der Waals surface area contributed by atoms with E-state index in [1.165, 1.54) is 25.3 Å². The first kappa shape index (κ1) is 46.5. The molecule has 11 heteroatoms. The minimum absolute atomic E-state index is 0.0426. The van der Waals surface area contributed by atoms with E-state index < -0.39 is 11.2 Å². The average Bonchev–Trinajstić information content (AvgIpc) is 3.17. The van der Waals surface area contributed by atoms with Crippen molar-refractivity contribution in [1.82, 2.24) is 16.0 Å². The Hall–Kier alpha value is -3.87. The Morgan fingerprint density at radius 2 is 1.57 bits per heavy atom. The maximum absolute atomic E-state index is 11.9. The van der Waals surface area contributed by atoms with E-state index in [9.17, 15) is 15.0 Å². The minimum Gasteiger partial charge on any atom is -0.504 e. The molecule has 4 rings (SSSR count). The van der Waals surface area contributed by atoms with Gasteiger partial charge in [0, 0.05) is 32.6 Å². The molecule has 0 spiro atoms. The number of rotatable bonds is 25. The Morgan fingerprint density at radius 1 is 0.875 bits per heavy atom. The van der Waals surface area contributed by atoms with Crippen molar-refractivity contribution in [2.24, 2.45) is 5.73 Å². The Balaban J connectivity index is 0.000000314. The van der Waals surface area contributed by atoms with E-state index in [1.807, 2.05) is 50.2 Å². The van der Waals surface area contributed by atoms with Crippen molar-refractivity contribution < 1.29 is 34.0 Å². The lowest BCUT2D eigenvalue weighted by Crippen LogP contribution is -2.60. The number of hydrogen-bond donors (Lipinski definition) is 6. The molecule has 7 N–H and O–H groups in total. The highest BCUT2D eigenvalue weighted by molar-refractivity contribution is 5.67. The lowest BCUT2D eigenvalue weighted by Gasteiger charge is -2.49. The number of phenolic OH excluding ortho intramolecular Hbond substituents is 1. The van der Waals surface area contributed by atoms with Gasteiger partial charge in [-0.2, -0.15) is 0 Å². The smallest absolute Gasteiger partial charge is 0.303 e. The summed E-state index contributed by atoms with van der Waals surface area (Å²) in [5, 5.41) is 29.2. The second kappa shape index (κ2) is 25.4. The third-order valence-electron chi connectivity index (χ3n) is 10.1. The number of nitrogens with two attached hydrogens (primary N) is 1. The predicted molar refractivity (Wildman–Crippen MR) is 225 cm³/mol. The van der Waals surface area contributed by atoms with E-state index in [4.69, 9.17) is 24.7 Å². The van der Waals surface area contributed by atoms with E-state index in [1.54, 1.807) is 13.2 Å². The van der Waals surface area contributed by atoms with E-state index in [-0.39, 0.29) is 24.4 Å². The topological polar surface area (TPSA) is 157 Å². The standard InChI is InChI=1S/C27H36O5.C18H34N4O2/c1-20(10-8-13-22-11-6-5-7-12-22)30-24-15-14-23-19-27(16-9-17-28,31-21(2)29)26(3,4)32-25(23)18-24;1-24-18-14-16(6-7-17(18)23)15-22-13-5-12-21-10-3-2-9-20-11-4-8-19/h5-7,11-12,14-15,18,20,28H,8-10,13,16-17,19H2,1-4H3;6-7,14,20-23H,2-5,8-13,15,19H2,1H3. The summed E-state index contributed by atoms with van der Waals surface area (Å²) < 4.78 is 23.5. The number of aryl methyl sites for hydroxylation is 1. The average molecular weight is 779 g/mol. The van der Waals surface area contributed by atoms with Gasteiger partial charge in [-0.05, 0) is 153 Å². The molecule has 2 atom stereocenters. The number of carbonyl (C=O) groups excluding carboxylic acids is 1. The molecule has 0 bridgehead atoms. The Bertz CT molecular complexity index is 1540. The van der Waals surface area contributed by atoms with Gasteiger partial charge in [0.1, 0.15) is 17.1 Å². The van der Waals surface area contributed by atoms with Crippen molar-refractivity contribution in [2.45, 2.75) is 116 Å². The largest absolute Gasteiger partial charge is 0.504 e. The van der Waals surface area contributed by atoms with Crippen LogP contribution in [0.4, 0.5) is 0 Å². The number of esters is 1. The molecule has 0 aromatic heterocycles. The Kier molecular flexibility index (Phi) is 21.1. The molecular weight excluding hydrogens is 709 g/mol. The predicted octanol–water partition coefficient (Wildman–Crippen LogP) is 6.45. The molecule has 1 aliphatic rings. The van der Waals surface area contributed by atoms with Crippen LogP contribution in [0.2, 0.25) is 0 Å². The van der Waals surface area contributed by atoms with Gasteiger partial charge in [-0.15, -0.1) is 0 Å². The van der Waals surface area contributed by atoms with Crippen LogP contribution in [0, 0.1) is 0 Å². The Labute approximate surface area is 336 Å². The molecule has 56 heavy (non-hydrogen) atoms. The number of fused-ring (bicyclic) bond motifs is 1. The fourth-order valence-electron chi connectivity index (χ4n) is 6.89. The summed E-state index contributed by atoms with van der Waals surface area (Å²) in [6, 6.07) is 21.8. The van der Waals surface area contributed by atoms with Crippen molar-refractivity contribution in [3.8, 4) is 23.0 Å². The van der Waals surface area contributed by atoms with E-state index in [0.717, 1.165) is 101 Å². The van der Waals surface area contributed by atoms with Crippen molar-refractivity contribution in [3.05, 3.63) is 83.4 Å². The van der Waals surface area contributed by atoms with Crippen LogP contribution in [0.1, 0.15) is 95.8 Å². The molecule has 3 aromatic rings. The van der Waals surface area contributed by atoms with Crippen LogP contribution < -0.4 is 35.9 Å². The van der Waals surface area contributed by atoms with Crippen molar-refractivity contribution >= 4 is 5.97 Å². The molecule has 0 amide bonds. The van der Waals surface area contributed by atoms with Crippen LogP contribution in [0.5, 0.6) is 23.0 Å². The van der Waals surface area contributed by atoms with Gasteiger partial charge < -0.3 is 50.8 Å².